The fourth-order valence-electron chi connectivity index (χ4n) is 2.81. The number of nitrogens with zero attached hydrogens (tertiary/aromatic N) is 3. The van der Waals surface area contributed by atoms with E-state index in [9.17, 15) is 22.4 Å². The van der Waals surface area contributed by atoms with Crippen LogP contribution in [-0.2, 0) is 4.79 Å². The van der Waals surface area contributed by atoms with Crippen molar-refractivity contribution >= 4 is 22.6 Å². The Kier molecular flexibility index (Phi) is 5.86. The van der Waals surface area contributed by atoms with Crippen molar-refractivity contribution in [1.82, 2.24) is 14.8 Å². The summed E-state index contributed by atoms with van der Waals surface area (Å²) in [5, 5.41) is 7.51. The molecule has 1 aromatic carbocycles. The van der Waals surface area contributed by atoms with Gasteiger partial charge in [-0.25, -0.2) is 14.1 Å². The third-order valence-corrected chi connectivity index (χ3v) is 4.39. The number of amides is 1. The van der Waals surface area contributed by atoms with Crippen molar-refractivity contribution in [2.75, 3.05) is 5.32 Å². The zero-order chi connectivity index (χ0) is 21.2. The lowest BCUT2D eigenvalue weighted by Crippen LogP contribution is -2.14. The molecule has 154 valence electrons. The standard InChI is InChI=1S/C20H20F4N4O/c1-12(2)13-8-14-11-28(27-19(14)25-10-13)17-9-15(5-6-16(17)21)26-18(29)4-3-7-20(22,23)24/h5-6,8-12H,3-4,7H2,1-2H3,(H,26,29). The van der Waals surface area contributed by atoms with Crippen LogP contribution in [-0.4, -0.2) is 26.8 Å². The second kappa shape index (κ2) is 8.18. The molecule has 0 bridgehead atoms. The normalized spacial score (nSPS) is 12.0. The van der Waals surface area contributed by atoms with Gasteiger partial charge in [-0.2, -0.15) is 13.2 Å². The van der Waals surface area contributed by atoms with Crippen molar-refractivity contribution in [2.24, 2.45) is 0 Å². The van der Waals surface area contributed by atoms with E-state index in [0.717, 1.165) is 10.9 Å². The Balaban J connectivity index is 1.78. The molecular weight excluding hydrogens is 388 g/mol. The van der Waals surface area contributed by atoms with Crippen LogP contribution in [0, 0.1) is 5.82 Å². The van der Waals surface area contributed by atoms with Crippen LogP contribution in [0.4, 0.5) is 23.2 Å². The van der Waals surface area contributed by atoms with Gasteiger partial charge in [0, 0.05) is 36.3 Å². The minimum absolute atomic E-state index is 0.0992. The van der Waals surface area contributed by atoms with Gasteiger partial charge in [0.15, 0.2) is 5.65 Å². The molecule has 3 aromatic rings. The van der Waals surface area contributed by atoms with Crippen molar-refractivity contribution < 1.29 is 22.4 Å². The highest BCUT2D eigenvalue weighted by Crippen LogP contribution is 2.24. The third-order valence-electron chi connectivity index (χ3n) is 4.39. The van der Waals surface area contributed by atoms with Crippen LogP contribution in [0.25, 0.3) is 16.7 Å². The molecule has 5 nitrogen and oxygen atoms in total. The maximum atomic E-state index is 14.3. The van der Waals surface area contributed by atoms with E-state index in [1.54, 1.807) is 12.4 Å². The van der Waals surface area contributed by atoms with E-state index < -0.39 is 24.3 Å². The smallest absolute Gasteiger partial charge is 0.326 e. The van der Waals surface area contributed by atoms with Crippen LogP contribution in [0.15, 0.2) is 36.7 Å². The summed E-state index contributed by atoms with van der Waals surface area (Å²) in [5.41, 5.74) is 1.85. The highest BCUT2D eigenvalue weighted by atomic mass is 19.4. The first-order chi connectivity index (χ1) is 13.6. The predicted octanol–water partition coefficient (Wildman–Crippen LogP) is 5.35. The summed E-state index contributed by atoms with van der Waals surface area (Å²) in [7, 11) is 0. The Hall–Kier alpha value is -2.97. The van der Waals surface area contributed by atoms with Gasteiger partial charge in [0.05, 0.1) is 0 Å². The van der Waals surface area contributed by atoms with Gasteiger partial charge in [-0.15, -0.1) is 5.10 Å². The van der Waals surface area contributed by atoms with Crippen LogP contribution >= 0.6 is 0 Å². The minimum atomic E-state index is -4.30. The van der Waals surface area contributed by atoms with Gasteiger partial charge >= 0.3 is 6.18 Å². The topological polar surface area (TPSA) is 59.8 Å². The summed E-state index contributed by atoms with van der Waals surface area (Å²) in [6.07, 6.45) is -2.55. The Morgan fingerprint density at radius 2 is 2.00 bits per heavy atom. The van der Waals surface area contributed by atoms with Crippen LogP contribution < -0.4 is 5.32 Å². The predicted molar refractivity (Wildman–Crippen MR) is 101 cm³/mol. The van der Waals surface area contributed by atoms with Gasteiger partial charge in [0.2, 0.25) is 5.91 Å². The Morgan fingerprint density at radius 1 is 1.24 bits per heavy atom. The number of carbonyl (C=O) groups excluding carboxylic acids is 1. The van der Waals surface area contributed by atoms with E-state index in [1.807, 2.05) is 19.9 Å². The molecule has 0 unspecified atom stereocenters. The van der Waals surface area contributed by atoms with Crippen LogP contribution in [0.2, 0.25) is 0 Å². The van der Waals surface area contributed by atoms with E-state index in [1.165, 1.54) is 22.9 Å². The number of alkyl halides is 3. The summed E-state index contributed by atoms with van der Waals surface area (Å²) in [6, 6.07) is 5.83. The van der Waals surface area contributed by atoms with Gasteiger partial charge in [-0.3, -0.25) is 4.79 Å². The van der Waals surface area contributed by atoms with E-state index in [2.05, 4.69) is 15.4 Å². The molecule has 0 saturated carbocycles. The Morgan fingerprint density at radius 3 is 2.69 bits per heavy atom. The largest absolute Gasteiger partial charge is 0.389 e. The number of carbonyl (C=O) groups is 1. The average molecular weight is 408 g/mol. The number of halogens is 4. The van der Waals surface area contributed by atoms with Gasteiger partial charge in [-0.1, -0.05) is 13.8 Å². The molecule has 0 fully saturated rings. The summed E-state index contributed by atoms with van der Waals surface area (Å²) < 4.78 is 52.2. The average Bonchev–Trinajstić information content (AvgIpc) is 3.05. The second-order valence-corrected chi connectivity index (χ2v) is 7.09. The van der Waals surface area contributed by atoms with Gasteiger partial charge in [0.25, 0.3) is 0 Å². The van der Waals surface area contributed by atoms with Crippen molar-refractivity contribution in [3.63, 3.8) is 0 Å². The summed E-state index contributed by atoms with van der Waals surface area (Å²) in [5.74, 6) is -0.847. The number of aromatic nitrogens is 3. The molecule has 0 aliphatic rings. The first-order valence-electron chi connectivity index (χ1n) is 9.14. The lowest BCUT2D eigenvalue weighted by atomic mass is 10.1. The number of hydrogen-bond donors (Lipinski definition) is 1. The van der Waals surface area contributed by atoms with Gasteiger partial charge < -0.3 is 5.32 Å². The SMILES string of the molecule is CC(C)c1cnc2nn(-c3cc(NC(=O)CCCC(F)(F)F)ccc3F)cc2c1. The Bertz CT molecular complexity index is 1030. The van der Waals surface area contributed by atoms with E-state index in [0.29, 0.717) is 5.65 Å². The molecule has 0 spiro atoms. The zero-order valence-electron chi connectivity index (χ0n) is 15.9. The van der Waals surface area contributed by atoms with E-state index >= 15 is 0 Å². The molecule has 2 aromatic heterocycles. The minimum Gasteiger partial charge on any atom is -0.326 e. The number of anilines is 1. The highest BCUT2D eigenvalue weighted by Gasteiger charge is 2.26. The number of nitrogens with one attached hydrogen (secondary N) is 1. The first-order valence-corrected chi connectivity index (χ1v) is 9.14. The molecule has 3 rings (SSSR count). The van der Waals surface area contributed by atoms with Crippen molar-refractivity contribution in [3.8, 4) is 5.69 Å². The number of pyridine rings is 1. The molecule has 9 heteroatoms. The van der Waals surface area contributed by atoms with Crippen LogP contribution in [0.1, 0.15) is 44.6 Å². The maximum Gasteiger partial charge on any atom is 0.389 e. The number of hydrogen-bond acceptors (Lipinski definition) is 3. The molecular formula is C20H20F4N4O. The van der Waals surface area contributed by atoms with Gasteiger partial charge in [-0.05, 0) is 42.2 Å². The molecule has 0 aliphatic carbocycles. The van der Waals surface area contributed by atoms with Crippen molar-refractivity contribution in [3.05, 3.63) is 48.0 Å². The molecule has 1 amide bonds. The van der Waals surface area contributed by atoms with Crippen LogP contribution in [0.5, 0.6) is 0 Å². The van der Waals surface area contributed by atoms with E-state index in [-0.39, 0.29) is 30.1 Å². The van der Waals surface area contributed by atoms with Gasteiger partial charge in [0.1, 0.15) is 11.5 Å². The monoisotopic (exact) mass is 408 g/mol. The van der Waals surface area contributed by atoms with Crippen molar-refractivity contribution in [1.29, 1.82) is 0 Å². The van der Waals surface area contributed by atoms with Crippen molar-refractivity contribution in [2.45, 2.75) is 45.2 Å². The second-order valence-electron chi connectivity index (χ2n) is 7.09. The molecule has 2 heterocycles. The molecule has 29 heavy (non-hydrogen) atoms. The summed E-state index contributed by atoms with van der Waals surface area (Å²) in [4.78, 5) is 16.2. The zero-order valence-corrected chi connectivity index (χ0v) is 15.9. The molecule has 0 saturated heterocycles. The maximum absolute atomic E-state index is 14.3. The summed E-state index contributed by atoms with van der Waals surface area (Å²) >= 11 is 0. The number of rotatable bonds is 6. The molecule has 0 aliphatic heterocycles. The fourth-order valence-corrected chi connectivity index (χ4v) is 2.81. The quantitative estimate of drug-likeness (QED) is 0.559. The first kappa shape index (κ1) is 20.8. The molecule has 0 radical (unpaired) electrons. The fraction of sp³-hybridized carbons (Fsp3) is 0.350. The lowest BCUT2D eigenvalue weighted by molar-refractivity contribution is -0.136. The molecule has 0 atom stereocenters. The molecule has 1 N–H and O–H groups in total. The summed E-state index contributed by atoms with van der Waals surface area (Å²) in [6.45, 7) is 4.07. The third kappa shape index (κ3) is 5.30. The Labute approximate surface area is 164 Å². The van der Waals surface area contributed by atoms with E-state index in [4.69, 9.17) is 0 Å². The number of fused-ring (bicyclic) bond motifs is 1. The van der Waals surface area contributed by atoms with Crippen LogP contribution in [0.3, 0.4) is 0 Å². The highest BCUT2D eigenvalue weighted by molar-refractivity contribution is 5.91. The number of benzene rings is 1. The lowest BCUT2D eigenvalue weighted by Gasteiger charge is -2.09.